The summed E-state index contributed by atoms with van der Waals surface area (Å²) in [7, 11) is 0. The molecule has 1 aliphatic rings. The molecule has 2 aromatic carbocycles. The van der Waals surface area contributed by atoms with E-state index in [-0.39, 0.29) is 24.4 Å². The van der Waals surface area contributed by atoms with Gasteiger partial charge in [-0.25, -0.2) is 0 Å². The molecule has 3 aromatic rings. The fourth-order valence-electron chi connectivity index (χ4n) is 2.43. The molecule has 0 radical (unpaired) electrons. The minimum absolute atomic E-state index is 0.140. The fraction of sp³-hybridized carbons (Fsp3) is 0.111. The first-order valence-electron chi connectivity index (χ1n) is 8.30. The molecule has 2 heterocycles. The number of nitrogens with one attached hydrogen (secondary N) is 2. The van der Waals surface area contributed by atoms with Gasteiger partial charge in [0, 0.05) is 11.8 Å². The van der Waals surface area contributed by atoms with Crippen LogP contribution in [0.25, 0.3) is 0 Å². The molecule has 0 spiro atoms. The number of halogens is 1. The molecular weight excluding hydrogens is 436 g/mol. The van der Waals surface area contributed by atoms with Crippen molar-refractivity contribution in [1.82, 2.24) is 10.2 Å². The van der Waals surface area contributed by atoms with Crippen molar-refractivity contribution in [1.29, 1.82) is 0 Å². The van der Waals surface area contributed by atoms with Gasteiger partial charge in [0.25, 0.3) is 5.91 Å². The van der Waals surface area contributed by atoms with E-state index in [4.69, 9.17) is 21.1 Å². The maximum absolute atomic E-state index is 12.2. The Balaban J connectivity index is 1.29. The lowest BCUT2D eigenvalue weighted by Gasteiger charge is -2.05. The van der Waals surface area contributed by atoms with Gasteiger partial charge in [-0.15, -0.1) is 10.2 Å². The molecule has 0 aliphatic carbocycles. The van der Waals surface area contributed by atoms with Crippen LogP contribution in [0.15, 0.2) is 46.8 Å². The van der Waals surface area contributed by atoms with Crippen molar-refractivity contribution in [2.75, 3.05) is 23.2 Å². The van der Waals surface area contributed by atoms with E-state index in [1.54, 1.807) is 42.5 Å². The van der Waals surface area contributed by atoms with Gasteiger partial charge < -0.3 is 14.8 Å². The summed E-state index contributed by atoms with van der Waals surface area (Å²) in [5, 5.41) is 14.0. The summed E-state index contributed by atoms with van der Waals surface area (Å²) in [6.07, 6.45) is 0. The van der Waals surface area contributed by atoms with Crippen LogP contribution in [-0.2, 0) is 4.79 Å². The molecule has 0 bridgehead atoms. The Morgan fingerprint density at radius 1 is 1.10 bits per heavy atom. The Kier molecular flexibility index (Phi) is 5.84. The zero-order valence-corrected chi connectivity index (χ0v) is 17.1. The first-order chi connectivity index (χ1) is 14.1. The highest BCUT2D eigenvalue weighted by Gasteiger charge is 2.16. The molecule has 11 heteroatoms. The van der Waals surface area contributed by atoms with Gasteiger partial charge in [-0.3, -0.25) is 14.9 Å². The number of carbonyl (C=O) groups excluding carboxylic acids is 2. The lowest BCUT2D eigenvalue weighted by Crippen LogP contribution is -2.13. The second-order valence-electron chi connectivity index (χ2n) is 5.71. The number of amides is 2. The average Bonchev–Trinajstić information content (AvgIpc) is 3.35. The van der Waals surface area contributed by atoms with E-state index < -0.39 is 0 Å². The van der Waals surface area contributed by atoms with E-state index in [9.17, 15) is 9.59 Å². The maximum Gasteiger partial charge on any atom is 0.259 e. The Morgan fingerprint density at radius 2 is 1.93 bits per heavy atom. The first kappa shape index (κ1) is 19.5. The lowest BCUT2D eigenvalue weighted by atomic mass is 10.2. The van der Waals surface area contributed by atoms with Crippen molar-refractivity contribution >= 4 is 57.3 Å². The highest BCUT2D eigenvalue weighted by atomic mass is 35.5. The number of hydrogen-bond acceptors (Lipinski definition) is 8. The quantitative estimate of drug-likeness (QED) is 0.435. The number of anilines is 2. The third-order valence-electron chi connectivity index (χ3n) is 3.73. The predicted octanol–water partition coefficient (Wildman–Crippen LogP) is 3.90. The summed E-state index contributed by atoms with van der Waals surface area (Å²) >= 11 is 8.41. The number of hydrogen-bond donors (Lipinski definition) is 2. The monoisotopic (exact) mass is 448 g/mol. The summed E-state index contributed by atoms with van der Waals surface area (Å²) in [6, 6.07) is 11.9. The van der Waals surface area contributed by atoms with Crippen LogP contribution in [0.4, 0.5) is 10.8 Å². The molecule has 1 aromatic heterocycles. The zero-order chi connectivity index (χ0) is 20.2. The van der Waals surface area contributed by atoms with E-state index in [1.807, 2.05) is 0 Å². The second kappa shape index (κ2) is 8.68. The van der Waals surface area contributed by atoms with E-state index in [1.165, 1.54) is 23.1 Å². The van der Waals surface area contributed by atoms with Crippen LogP contribution in [0, 0.1) is 0 Å². The molecule has 148 valence electrons. The predicted molar refractivity (Wildman–Crippen MR) is 111 cm³/mol. The molecule has 0 unspecified atom stereocenters. The average molecular weight is 449 g/mol. The van der Waals surface area contributed by atoms with Gasteiger partial charge in [0.2, 0.25) is 17.8 Å². The van der Waals surface area contributed by atoms with Gasteiger partial charge in [0.1, 0.15) is 0 Å². The number of fused-ring (bicyclic) bond motifs is 1. The Hall–Kier alpha value is -2.82. The van der Waals surface area contributed by atoms with Gasteiger partial charge in [-0.2, -0.15) is 0 Å². The summed E-state index contributed by atoms with van der Waals surface area (Å²) in [6.45, 7) is 0.176. The van der Waals surface area contributed by atoms with Crippen LogP contribution < -0.4 is 20.1 Å². The third kappa shape index (κ3) is 4.78. The molecular formula is C18H13ClN4O4S2. The molecule has 0 atom stereocenters. The van der Waals surface area contributed by atoms with E-state index in [0.29, 0.717) is 37.2 Å². The number of thioether (sulfide) groups is 1. The standard InChI is InChI=1S/C18H13ClN4O4S2/c19-12-4-2-1-3-11(12)16(25)21-17-22-23-18(29-17)28-8-15(24)20-10-5-6-13-14(7-10)27-9-26-13/h1-7H,8-9H2,(H,20,24)(H,21,22,25). The summed E-state index contributed by atoms with van der Waals surface area (Å²) in [4.78, 5) is 24.4. The molecule has 4 rings (SSSR count). The van der Waals surface area contributed by atoms with Crippen molar-refractivity contribution in [3.05, 3.63) is 53.1 Å². The van der Waals surface area contributed by atoms with Gasteiger partial charge in [0.05, 0.1) is 16.3 Å². The molecule has 0 saturated carbocycles. The fourth-order valence-corrected chi connectivity index (χ4v) is 4.20. The van der Waals surface area contributed by atoms with Gasteiger partial charge in [0.15, 0.2) is 15.8 Å². The number of nitrogens with zero attached hydrogens (tertiary/aromatic N) is 2. The number of rotatable bonds is 6. The van der Waals surface area contributed by atoms with E-state index in [0.717, 1.165) is 0 Å². The summed E-state index contributed by atoms with van der Waals surface area (Å²) in [5.74, 6) is 0.812. The van der Waals surface area contributed by atoms with Crippen molar-refractivity contribution in [2.45, 2.75) is 4.34 Å². The Bertz CT molecular complexity index is 1080. The van der Waals surface area contributed by atoms with Crippen LogP contribution in [0.5, 0.6) is 11.5 Å². The third-order valence-corrected chi connectivity index (χ3v) is 6.03. The smallest absolute Gasteiger partial charge is 0.259 e. The van der Waals surface area contributed by atoms with Crippen LogP contribution >= 0.6 is 34.7 Å². The second-order valence-corrected chi connectivity index (χ2v) is 8.32. The molecule has 2 amide bonds. The maximum atomic E-state index is 12.2. The van der Waals surface area contributed by atoms with Crippen LogP contribution in [-0.4, -0.2) is 34.6 Å². The van der Waals surface area contributed by atoms with Crippen molar-refractivity contribution < 1.29 is 19.1 Å². The zero-order valence-electron chi connectivity index (χ0n) is 14.7. The molecule has 1 aliphatic heterocycles. The molecule has 0 fully saturated rings. The topological polar surface area (TPSA) is 102 Å². The minimum atomic E-state index is -0.371. The number of ether oxygens (including phenoxy) is 2. The van der Waals surface area contributed by atoms with Crippen LogP contribution in [0.3, 0.4) is 0 Å². The van der Waals surface area contributed by atoms with Gasteiger partial charge >= 0.3 is 0 Å². The number of carbonyl (C=O) groups is 2. The molecule has 29 heavy (non-hydrogen) atoms. The summed E-state index contributed by atoms with van der Waals surface area (Å²) in [5.41, 5.74) is 0.964. The SMILES string of the molecule is O=C(CSc1nnc(NC(=O)c2ccccc2Cl)s1)Nc1ccc2c(c1)OCO2. The minimum Gasteiger partial charge on any atom is -0.454 e. The van der Waals surface area contributed by atoms with Crippen molar-refractivity contribution in [3.63, 3.8) is 0 Å². The Morgan fingerprint density at radius 3 is 2.79 bits per heavy atom. The van der Waals surface area contributed by atoms with Gasteiger partial charge in [-0.1, -0.05) is 46.8 Å². The molecule has 0 saturated heterocycles. The first-order valence-corrected chi connectivity index (χ1v) is 10.5. The highest BCUT2D eigenvalue weighted by Crippen LogP contribution is 2.34. The van der Waals surface area contributed by atoms with Crippen molar-refractivity contribution in [2.24, 2.45) is 0 Å². The highest BCUT2D eigenvalue weighted by molar-refractivity contribution is 8.01. The van der Waals surface area contributed by atoms with Crippen LogP contribution in [0.2, 0.25) is 5.02 Å². The summed E-state index contributed by atoms with van der Waals surface area (Å²) < 4.78 is 11.1. The Labute approximate surface area is 178 Å². The normalized spacial score (nSPS) is 11.9. The molecule has 2 N–H and O–H groups in total. The van der Waals surface area contributed by atoms with Crippen molar-refractivity contribution in [3.8, 4) is 11.5 Å². The van der Waals surface area contributed by atoms with E-state index in [2.05, 4.69) is 20.8 Å². The van der Waals surface area contributed by atoms with Crippen LogP contribution in [0.1, 0.15) is 10.4 Å². The number of benzene rings is 2. The lowest BCUT2D eigenvalue weighted by molar-refractivity contribution is -0.113. The van der Waals surface area contributed by atoms with Gasteiger partial charge in [-0.05, 0) is 24.3 Å². The molecule has 8 nitrogen and oxygen atoms in total. The largest absolute Gasteiger partial charge is 0.454 e. The van der Waals surface area contributed by atoms with E-state index >= 15 is 0 Å². The number of aromatic nitrogens is 2.